The van der Waals surface area contributed by atoms with Crippen molar-refractivity contribution in [2.75, 3.05) is 5.43 Å². The molecule has 0 unspecified atom stereocenters. The Morgan fingerprint density at radius 2 is 1.95 bits per heavy atom. The van der Waals surface area contributed by atoms with E-state index in [1.165, 1.54) is 0 Å². The van der Waals surface area contributed by atoms with Gasteiger partial charge in [0, 0.05) is 11.8 Å². The van der Waals surface area contributed by atoms with E-state index in [0.29, 0.717) is 0 Å². The molecule has 1 aromatic heterocycles. The molecule has 1 aliphatic rings. The molecule has 3 N–H and O–H groups in total. The fourth-order valence-electron chi connectivity index (χ4n) is 2.71. The molecule has 0 atom stereocenters. The van der Waals surface area contributed by atoms with Gasteiger partial charge in [0.05, 0.1) is 12.4 Å². The van der Waals surface area contributed by atoms with Crippen LogP contribution in [0, 0.1) is 0 Å². The van der Waals surface area contributed by atoms with Gasteiger partial charge in [-0.3, -0.25) is 5.43 Å². The smallest absolute Gasteiger partial charge is 0.116 e. The number of fused-ring (bicyclic) bond motifs is 3. The van der Waals surface area contributed by atoms with Crippen molar-refractivity contribution < 1.29 is 0 Å². The zero-order valence-corrected chi connectivity index (χ0v) is 11.8. The summed E-state index contributed by atoms with van der Waals surface area (Å²) < 4.78 is 1.67. The highest BCUT2D eigenvalue weighted by atomic mass is 15.4. The standard InChI is InChI=1S/C16H14N6/c17-10-22-16-14(19-21-22)7-6-13-12(8-9-18-20-15(13)16)11-4-2-1-3-5-11/h1-9,20H,10,17H2. The summed E-state index contributed by atoms with van der Waals surface area (Å²) in [4.78, 5) is 0. The van der Waals surface area contributed by atoms with Gasteiger partial charge in [0.1, 0.15) is 11.0 Å². The van der Waals surface area contributed by atoms with Crippen molar-refractivity contribution in [1.82, 2.24) is 15.0 Å². The Bertz CT molecular complexity index is 892. The predicted molar refractivity (Wildman–Crippen MR) is 87.4 cm³/mol. The molecule has 0 aliphatic carbocycles. The van der Waals surface area contributed by atoms with Crippen molar-refractivity contribution in [1.29, 1.82) is 0 Å². The molecular formula is C16H14N6. The molecule has 1 aliphatic heterocycles. The van der Waals surface area contributed by atoms with E-state index in [2.05, 4.69) is 33.0 Å². The number of benzene rings is 2. The molecule has 108 valence electrons. The summed E-state index contributed by atoms with van der Waals surface area (Å²) in [6, 6.07) is 14.2. The van der Waals surface area contributed by atoms with Crippen molar-refractivity contribution in [3.8, 4) is 0 Å². The van der Waals surface area contributed by atoms with Crippen molar-refractivity contribution >= 4 is 28.5 Å². The molecule has 0 saturated heterocycles. The number of nitrogens with one attached hydrogen (secondary N) is 1. The zero-order chi connectivity index (χ0) is 14.9. The highest BCUT2D eigenvalue weighted by Crippen LogP contribution is 2.35. The van der Waals surface area contributed by atoms with Crippen LogP contribution in [-0.4, -0.2) is 21.2 Å². The molecule has 3 aromatic rings. The van der Waals surface area contributed by atoms with Crippen molar-refractivity contribution in [3.63, 3.8) is 0 Å². The largest absolute Gasteiger partial charge is 0.312 e. The van der Waals surface area contributed by atoms with Gasteiger partial charge in [-0.15, -0.1) is 5.10 Å². The van der Waals surface area contributed by atoms with Crippen LogP contribution in [0.15, 0.2) is 53.6 Å². The molecule has 6 heteroatoms. The zero-order valence-electron chi connectivity index (χ0n) is 11.8. The summed E-state index contributed by atoms with van der Waals surface area (Å²) in [5, 5.41) is 12.5. The first-order valence-electron chi connectivity index (χ1n) is 7.00. The first kappa shape index (κ1) is 12.7. The first-order chi connectivity index (χ1) is 10.9. The van der Waals surface area contributed by atoms with Gasteiger partial charge in [-0.25, -0.2) is 4.68 Å². The van der Waals surface area contributed by atoms with Crippen LogP contribution < -0.4 is 11.2 Å². The molecule has 6 nitrogen and oxygen atoms in total. The Kier molecular flexibility index (Phi) is 2.94. The third-order valence-corrected chi connectivity index (χ3v) is 3.72. The van der Waals surface area contributed by atoms with Crippen molar-refractivity contribution in [3.05, 3.63) is 59.7 Å². The lowest BCUT2D eigenvalue weighted by atomic mass is 9.96. The lowest BCUT2D eigenvalue weighted by Gasteiger charge is -2.12. The van der Waals surface area contributed by atoms with Crippen LogP contribution in [0.4, 0.5) is 5.69 Å². The summed E-state index contributed by atoms with van der Waals surface area (Å²) in [5.74, 6) is 0. The van der Waals surface area contributed by atoms with E-state index in [-0.39, 0.29) is 6.67 Å². The van der Waals surface area contributed by atoms with Crippen LogP contribution in [0.2, 0.25) is 0 Å². The van der Waals surface area contributed by atoms with Crippen LogP contribution in [0.5, 0.6) is 0 Å². The molecule has 0 amide bonds. The van der Waals surface area contributed by atoms with E-state index >= 15 is 0 Å². The molecule has 0 radical (unpaired) electrons. The predicted octanol–water partition coefficient (Wildman–Crippen LogP) is 2.19. The molecule has 0 saturated carbocycles. The Balaban J connectivity index is 2.00. The SMILES string of the molecule is NCn1nnc2ccc3c(c21)NN=CC=C3c1ccccc1. The van der Waals surface area contributed by atoms with Crippen LogP contribution in [-0.2, 0) is 6.67 Å². The Labute approximate surface area is 126 Å². The minimum Gasteiger partial charge on any atom is -0.312 e. The van der Waals surface area contributed by atoms with Crippen LogP contribution in [0.1, 0.15) is 11.1 Å². The fourth-order valence-corrected chi connectivity index (χ4v) is 2.71. The summed E-state index contributed by atoms with van der Waals surface area (Å²) in [6.45, 7) is 0.267. The molecule has 2 heterocycles. The van der Waals surface area contributed by atoms with Gasteiger partial charge < -0.3 is 5.73 Å². The number of hydrazone groups is 1. The topological polar surface area (TPSA) is 81.1 Å². The van der Waals surface area contributed by atoms with Crippen molar-refractivity contribution in [2.24, 2.45) is 10.8 Å². The number of anilines is 1. The Hall–Kier alpha value is -2.99. The van der Waals surface area contributed by atoms with E-state index in [4.69, 9.17) is 5.73 Å². The third-order valence-electron chi connectivity index (χ3n) is 3.72. The number of hydrogen-bond donors (Lipinski definition) is 2. The average molecular weight is 290 g/mol. The summed E-state index contributed by atoms with van der Waals surface area (Å²) in [7, 11) is 0. The van der Waals surface area contributed by atoms with Gasteiger partial charge in [-0.05, 0) is 29.3 Å². The second-order valence-corrected chi connectivity index (χ2v) is 4.96. The summed E-state index contributed by atoms with van der Waals surface area (Å²) in [6.07, 6.45) is 3.75. The lowest BCUT2D eigenvalue weighted by molar-refractivity contribution is 0.628. The van der Waals surface area contributed by atoms with Crippen molar-refractivity contribution in [2.45, 2.75) is 6.67 Å². The average Bonchev–Trinajstić information content (AvgIpc) is 2.87. The van der Waals surface area contributed by atoms with Gasteiger partial charge in [-0.2, -0.15) is 5.10 Å². The van der Waals surface area contributed by atoms with Gasteiger partial charge in [-0.1, -0.05) is 35.5 Å². The quantitative estimate of drug-likeness (QED) is 0.758. The van der Waals surface area contributed by atoms with Crippen LogP contribution >= 0.6 is 0 Å². The summed E-state index contributed by atoms with van der Waals surface area (Å²) in [5.41, 5.74) is 14.6. The number of hydrogen-bond acceptors (Lipinski definition) is 5. The molecular weight excluding hydrogens is 276 g/mol. The molecule has 0 spiro atoms. The number of rotatable bonds is 2. The second kappa shape index (κ2) is 5.09. The monoisotopic (exact) mass is 290 g/mol. The maximum absolute atomic E-state index is 5.76. The number of nitrogens with zero attached hydrogens (tertiary/aromatic N) is 4. The number of allylic oxidation sites excluding steroid dienone is 1. The van der Waals surface area contributed by atoms with Gasteiger partial charge >= 0.3 is 0 Å². The Morgan fingerprint density at radius 1 is 1.09 bits per heavy atom. The number of aromatic nitrogens is 3. The van der Waals surface area contributed by atoms with E-state index in [1.54, 1.807) is 10.9 Å². The minimum atomic E-state index is 0.267. The lowest BCUT2D eigenvalue weighted by Crippen LogP contribution is -2.10. The molecule has 22 heavy (non-hydrogen) atoms. The number of nitrogens with two attached hydrogens (primary N) is 1. The fraction of sp³-hybridized carbons (Fsp3) is 0.0625. The van der Waals surface area contributed by atoms with Crippen LogP contribution in [0.25, 0.3) is 16.6 Å². The van der Waals surface area contributed by atoms with E-state index in [1.807, 2.05) is 36.4 Å². The van der Waals surface area contributed by atoms with Gasteiger partial charge in [0.15, 0.2) is 0 Å². The van der Waals surface area contributed by atoms with E-state index < -0.39 is 0 Å². The van der Waals surface area contributed by atoms with E-state index in [9.17, 15) is 0 Å². The maximum Gasteiger partial charge on any atom is 0.116 e. The minimum absolute atomic E-state index is 0.267. The molecule has 2 aromatic carbocycles. The maximum atomic E-state index is 5.76. The first-order valence-corrected chi connectivity index (χ1v) is 7.00. The molecule has 4 rings (SSSR count). The van der Waals surface area contributed by atoms with Crippen LogP contribution in [0.3, 0.4) is 0 Å². The second-order valence-electron chi connectivity index (χ2n) is 4.96. The summed E-state index contributed by atoms with van der Waals surface area (Å²) >= 11 is 0. The van der Waals surface area contributed by atoms with Gasteiger partial charge in [0.2, 0.25) is 0 Å². The third kappa shape index (κ3) is 1.89. The molecule has 0 bridgehead atoms. The highest BCUT2D eigenvalue weighted by molar-refractivity contribution is 6.03. The van der Waals surface area contributed by atoms with Gasteiger partial charge in [0.25, 0.3) is 0 Å². The Morgan fingerprint density at radius 3 is 2.77 bits per heavy atom. The highest BCUT2D eigenvalue weighted by Gasteiger charge is 2.18. The molecule has 0 fully saturated rings. The normalized spacial score (nSPS) is 13.4. The van der Waals surface area contributed by atoms with E-state index in [0.717, 1.165) is 33.4 Å².